The van der Waals surface area contributed by atoms with E-state index in [0.29, 0.717) is 6.54 Å². The highest BCUT2D eigenvalue weighted by atomic mass is 32.1. The summed E-state index contributed by atoms with van der Waals surface area (Å²) in [6.07, 6.45) is 2.09. The number of carbonyl (C=O) groups excluding carboxylic acids is 1. The van der Waals surface area contributed by atoms with Gasteiger partial charge >= 0.3 is 0 Å². The lowest BCUT2D eigenvalue weighted by atomic mass is 10.1. The predicted molar refractivity (Wildman–Crippen MR) is 100 cm³/mol. The molecule has 0 radical (unpaired) electrons. The standard InChI is InChI=1S/C19H23N3O2S/c1-13-19(23)22(10-9-21-7-3-4-8-21)17-11-15(5-6-18(17)24-13)16-12-25-14(2)20-16/h5-6,11-13H,3-4,7-10H2,1-2H3. The van der Waals surface area contributed by atoms with E-state index in [4.69, 9.17) is 4.74 Å². The summed E-state index contributed by atoms with van der Waals surface area (Å²) in [4.78, 5) is 21.6. The summed E-state index contributed by atoms with van der Waals surface area (Å²) in [5.41, 5.74) is 2.85. The average Bonchev–Trinajstić information content (AvgIpc) is 3.27. The molecule has 5 nitrogen and oxygen atoms in total. The molecule has 0 bridgehead atoms. The van der Waals surface area contributed by atoms with Crippen molar-refractivity contribution in [2.75, 3.05) is 31.1 Å². The largest absolute Gasteiger partial charge is 0.479 e. The average molecular weight is 357 g/mol. The van der Waals surface area contributed by atoms with Gasteiger partial charge in [0.1, 0.15) is 5.75 Å². The number of likely N-dealkylation sites (tertiary alicyclic amines) is 1. The van der Waals surface area contributed by atoms with E-state index in [2.05, 4.69) is 15.3 Å². The molecule has 0 spiro atoms. The van der Waals surface area contributed by atoms with Gasteiger partial charge in [0.25, 0.3) is 5.91 Å². The molecule has 0 aliphatic carbocycles. The zero-order valence-corrected chi connectivity index (χ0v) is 15.5. The van der Waals surface area contributed by atoms with Crippen LogP contribution in [0.15, 0.2) is 23.6 Å². The van der Waals surface area contributed by atoms with Crippen molar-refractivity contribution in [1.82, 2.24) is 9.88 Å². The number of hydrogen-bond acceptors (Lipinski definition) is 5. The number of rotatable bonds is 4. The van der Waals surface area contributed by atoms with Gasteiger partial charge in [-0.3, -0.25) is 4.79 Å². The predicted octanol–water partition coefficient (Wildman–Crippen LogP) is 3.33. The van der Waals surface area contributed by atoms with Gasteiger partial charge in [-0.15, -0.1) is 11.3 Å². The minimum atomic E-state index is -0.432. The Hall–Kier alpha value is -1.92. The van der Waals surface area contributed by atoms with Crippen LogP contribution in [0.1, 0.15) is 24.8 Å². The van der Waals surface area contributed by atoms with Crippen LogP contribution in [0.5, 0.6) is 5.75 Å². The van der Waals surface area contributed by atoms with Gasteiger partial charge in [-0.25, -0.2) is 4.98 Å². The molecule has 1 fully saturated rings. The number of ether oxygens (including phenoxy) is 1. The summed E-state index contributed by atoms with van der Waals surface area (Å²) in [6.45, 7) is 7.73. The van der Waals surface area contributed by atoms with Crippen LogP contribution in [0.25, 0.3) is 11.3 Å². The summed E-state index contributed by atoms with van der Waals surface area (Å²) in [6, 6.07) is 6.03. The molecule has 1 saturated heterocycles. The topological polar surface area (TPSA) is 45.7 Å². The number of benzene rings is 1. The van der Waals surface area contributed by atoms with Gasteiger partial charge in [0.05, 0.1) is 16.4 Å². The Labute approximate surface area is 152 Å². The molecule has 132 valence electrons. The molecule has 2 aromatic rings. The number of anilines is 1. The molecule has 1 atom stereocenters. The van der Waals surface area contributed by atoms with Crippen LogP contribution >= 0.6 is 11.3 Å². The van der Waals surface area contributed by atoms with Gasteiger partial charge in [0.2, 0.25) is 0 Å². The third kappa shape index (κ3) is 3.28. The number of thiazole rings is 1. The van der Waals surface area contributed by atoms with Crippen molar-refractivity contribution in [2.45, 2.75) is 32.8 Å². The summed E-state index contributed by atoms with van der Waals surface area (Å²) >= 11 is 1.64. The Balaban J connectivity index is 1.63. The molecule has 3 heterocycles. The van der Waals surface area contributed by atoms with Gasteiger partial charge < -0.3 is 14.5 Å². The Kier molecular flexibility index (Phi) is 4.48. The number of hydrogen-bond donors (Lipinski definition) is 0. The highest BCUT2D eigenvalue weighted by Gasteiger charge is 2.32. The lowest BCUT2D eigenvalue weighted by Crippen LogP contribution is -2.47. The smallest absolute Gasteiger partial charge is 0.267 e. The SMILES string of the molecule is Cc1nc(-c2ccc3c(c2)N(CCN2CCCC2)C(=O)C(C)O3)cs1. The molecule has 0 N–H and O–H groups in total. The minimum Gasteiger partial charge on any atom is -0.479 e. The Morgan fingerprint density at radius 3 is 2.80 bits per heavy atom. The Morgan fingerprint density at radius 1 is 1.28 bits per heavy atom. The third-order valence-corrected chi connectivity index (χ3v) is 5.69. The van der Waals surface area contributed by atoms with Crippen molar-refractivity contribution >= 4 is 22.9 Å². The molecule has 2 aliphatic heterocycles. The van der Waals surface area contributed by atoms with E-state index in [1.165, 1.54) is 12.8 Å². The van der Waals surface area contributed by atoms with E-state index < -0.39 is 6.10 Å². The van der Waals surface area contributed by atoms with Crippen LogP contribution in [0, 0.1) is 6.92 Å². The van der Waals surface area contributed by atoms with Crippen LogP contribution in [0.3, 0.4) is 0 Å². The van der Waals surface area contributed by atoms with Crippen LogP contribution in [0.2, 0.25) is 0 Å². The van der Waals surface area contributed by atoms with Gasteiger partial charge in [-0.05, 0) is 58.0 Å². The third-order valence-electron chi connectivity index (χ3n) is 4.92. The maximum Gasteiger partial charge on any atom is 0.267 e. The maximum absolute atomic E-state index is 12.7. The van der Waals surface area contributed by atoms with Crippen molar-refractivity contribution in [2.24, 2.45) is 0 Å². The van der Waals surface area contributed by atoms with E-state index in [-0.39, 0.29) is 5.91 Å². The van der Waals surface area contributed by atoms with E-state index in [1.807, 2.05) is 36.9 Å². The fourth-order valence-corrected chi connectivity index (χ4v) is 4.16. The molecule has 1 unspecified atom stereocenters. The lowest BCUT2D eigenvalue weighted by Gasteiger charge is -2.34. The number of amides is 1. The van der Waals surface area contributed by atoms with Crippen molar-refractivity contribution < 1.29 is 9.53 Å². The highest BCUT2D eigenvalue weighted by molar-refractivity contribution is 7.09. The molecule has 1 aromatic heterocycles. The first kappa shape index (κ1) is 16.5. The first-order valence-electron chi connectivity index (χ1n) is 8.89. The lowest BCUT2D eigenvalue weighted by molar-refractivity contribution is -0.125. The summed E-state index contributed by atoms with van der Waals surface area (Å²) in [5, 5.41) is 3.10. The van der Waals surface area contributed by atoms with Gasteiger partial charge in [-0.1, -0.05) is 0 Å². The maximum atomic E-state index is 12.7. The fourth-order valence-electron chi connectivity index (χ4n) is 3.54. The molecular weight excluding hydrogens is 334 g/mol. The van der Waals surface area contributed by atoms with Gasteiger partial charge in [0.15, 0.2) is 6.10 Å². The summed E-state index contributed by atoms with van der Waals surface area (Å²) in [7, 11) is 0. The number of aryl methyl sites for hydroxylation is 1. The van der Waals surface area contributed by atoms with Gasteiger partial charge in [-0.2, -0.15) is 0 Å². The highest BCUT2D eigenvalue weighted by Crippen LogP contribution is 2.37. The first-order chi connectivity index (χ1) is 12.1. The molecule has 6 heteroatoms. The fraction of sp³-hybridized carbons (Fsp3) is 0.474. The van der Waals surface area contributed by atoms with Crippen molar-refractivity contribution in [3.05, 3.63) is 28.6 Å². The molecule has 0 saturated carbocycles. The van der Waals surface area contributed by atoms with Crippen LogP contribution < -0.4 is 9.64 Å². The molecular formula is C19H23N3O2S. The van der Waals surface area contributed by atoms with Crippen molar-refractivity contribution in [1.29, 1.82) is 0 Å². The second-order valence-electron chi connectivity index (χ2n) is 6.73. The Bertz CT molecular complexity index is 783. The minimum absolute atomic E-state index is 0.0401. The first-order valence-corrected chi connectivity index (χ1v) is 9.77. The van der Waals surface area contributed by atoms with Crippen molar-refractivity contribution in [3.63, 3.8) is 0 Å². The van der Waals surface area contributed by atoms with Crippen LogP contribution in [-0.2, 0) is 4.79 Å². The quantitative estimate of drug-likeness (QED) is 0.842. The zero-order valence-electron chi connectivity index (χ0n) is 14.7. The van der Waals surface area contributed by atoms with Crippen molar-refractivity contribution in [3.8, 4) is 17.0 Å². The second-order valence-corrected chi connectivity index (χ2v) is 7.80. The van der Waals surface area contributed by atoms with Crippen LogP contribution in [-0.4, -0.2) is 48.1 Å². The molecule has 1 amide bonds. The molecule has 25 heavy (non-hydrogen) atoms. The normalized spacial score (nSPS) is 20.6. The number of fused-ring (bicyclic) bond motifs is 1. The second kappa shape index (κ2) is 6.77. The monoisotopic (exact) mass is 357 g/mol. The Morgan fingerprint density at radius 2 is 2.08 bits per heavy atom. The number of aromatic nitrogens is 1. The zero-order chi connectivity index (χ0) is 17.4. The molecule has 4 rings (SSSR count). The number of nitrogens with zero attached hydrogens (tertiary/aromatic N) is 3. The van der Waals surface area contributed by atoms with E-state index in [1.54, 1.807) is 11.3 Å². The van der Waals surface area contributed by atoms with Gasteiger partial charge in [0, 0.05) is 24.0 Å². The van der Waals surface area contributed by atoms with E-state index in [9.17, 15) is 4.79 Å². The van der Waals surface area contributed by atoms with E-state index in [0.717, 1.165) is 47.3 Å². The molecule has 1 aromatic carbocycles. The molecule has 2 aliphatic rings. The summed E-state index contributed by atoms with van der Waals surface area (Å²) in [5.74, 6) is 0.822. The number of carbonyl (C=O) groups is 1. The van der Waals surface area contributed by atoms with E-state index >= 15 is 0 Å². The summed E-state index contributed by atoms with van der Waals surface area (Å²) < 4.78 is 5.82. The van der Waals surface area contributed by atoms with Crippen LogP contribution in [0.4, 0.5) is 5.69 Å².